The number of carbonyl (C=O) groups excluding carboxylic acids is 1. The van der Waals surface area contributed by atoms with Crippen LogP contribution in [0.2, 0.25) is 0 Å². The fourth-order valence-corrected chi connectivity index (χ4v) is 4.01. The van der Waals surface area contributed by atoms with Crippen LogP contribution in [0.15, 0.2) is 36.4 Å². The third kappa shape index (κ3) is 8.82. The van der Waals surface area contributed by atoms with Crippen molar-refractivity contribution in [3.05, 3.63) is 42.0 Å². The zero-order valence-electron chi connectivity index (χ0n) is 20.2. The lowest BCUT2D eigenvalue weighted by atomic mass is 9.86. The van der Waals surface area contributed by atoms with Crippen molar-refractivity contribution in [1.29, 1.82) is 0 Å². The molecule has 4 N–H and O–H groups in total. The van der Waals surface area contributed by atoms with Gasteiger partial charge in [-0.2, -0.15) is 13.2 Å². The van der Waals surface area contributed by atoms with Crippen molar-refractivity contribution < 1.29 is 47.9 Å². The van der Waals surface area contributed by atoms with E-state index in [2.05, 4.69) is 16.6 Å². The lowest BCUT2D eigenvalue weighted by Crippen LogP contribution is -2.34. The number of halogens is 3. The number of benzene rings is 1. The number of carbonyl (C=O) groups is 1. The molecule has 0 amide bonds. The van der Waals surface area contributed by atoms with Gasteiger partial charge in [0.2, 0.25) is 0 Å². The van der Waals surface area contributed by atoms with E-state index in [1.54, 1.807) is 13.0 Å². The van der Waals surface area contributed by atoms with Crippen molar-refractivity contribution >= 4 is 5.97 Å². The minimum absolute atomic E-state index is 0.0480. The summed E-state index contributed by atoms with van der Waals surface area (Å²) < 4.78 is 48.7. The maximum atomic E-state index is 12.9. The van der Waals surface area contributed by atoms with Gasteiger partial charge in [0.05, 0.1) is 31.3 Å². The van der Waals surface area contributed by atoms with Gasteiger partial charge in [0.1, 0.15) is 24.1 Å². The van der Waals surface area contributed by atoms with E-state index in [4.69, 9.17) is 4.74 Å². The highest BCUT2D eigenvalue weighted by Crippen LogP contribution is 2.37. The summed E-state index contributed by atoms with van der Waals surface area (Å²) in [6.45, 7) is 1.34. The quantitative estimate of drug-likeness (QED) is 0.216. The van der Waals surface area contributed by atoms with Crippen molar-refractivity contribution in [2.75, 3.05) is 13.7 Å². The van der Waals surface area contributed by atoms with Crippen molar-refractivity contribution in [2.45, 2.75) is 69.1 Å². The van der Waals surface area contributed by atoms with Gasteiger partial charge in [0.25, 0.3) is 0 Å². The summed E-state index contributed by atoms with van der Waals surface area (Å²) in [4.78, 5) is 11.1. The molecule has 36 heavy (non-hydrogen) atoms. The maximum absolute atomic E-state index is 12.9. The average Bonchev–Trinajstić information content (AvgIpc) is 3.10. The second kappa shape index (κ2) is 13.1. The highest BCUT2D eigenvalue weighted by atomic mass is 19.4. The van der Waals surface area contributed by atoms with Gasteiger partial charge in [-0.25, -0.2) is 0 Å². The van der Waals surface area contributed by atoms with Gasteiger partial charge in [0.15, 0.2) is 0 Å². The zero-order chi connectivity index (χ0) is 26.9. The topological polar surface area (TPSA) is 116 Å². The standard InChI is InChI=1S/C26H33F3O7/c1-3-25(34,16-36-19-9-6-7-17(13-19)26(27,28)29)12-11-20-21(23(32)15-22(20)31)14-18(30)8-4-5-10-24(33)35-2/h6-7,9,11-13,18,20-23,30-32,34H,3,5,10,14-16H2,1-2H3/t18?,20-,21-,22-,23+,25?/m1/s1. The predicted octanol–water partition coefficient (Wildman–Crippen LogP) is 2.85. The molecule has 10 heteroatoms. The predicted molar refractivity (Wildman–Crippen MR) is 125 cm³/mol. The van der Waals surface area contributed by atoms with Crippen LogP contribution in [-0.4, -0.2) is 64.0 Å². The highest BCUT2D eigenvalue weighted by molar-refractivity contribution is 5.69. The molecule has 2 unspecified atom stereocenters. The fourth-order valence-electron chi connectivity index (χ4n) is 4.01. The molecular weight excluding hydrogens is 481 g/mol. The molecule has 0 aliphatic heterocycles. The Hall–Kier alpha value is -2.58. The van der Waals surface area contributed by atoms with Crippen molar-refractivity contribution in [3.8, 4) is 17.6 Å². The summed E-state index contributed by atoms with van der Waals surface area (Å²) >= 11 is 0. The highest BCUT2D eigenvalue weighted by Gasteiger charge is 2.41. The fraction of sp³-hybridized carbons (Fsp3) is 0.577. The van der Waals surface area contributed by atoms with Crippen molar-refractivity contribution in [3.63, 3.8) is 0 Å². The largest absolute Gasteiger partial charge is 0.490 e. The Balaban J connectivity index is 2.04. The van der Waals surface area contributed by atoms with E-state index in [0.29, 0.717) is 0 Å². The molecule has 1 saturated carbocycles. The first kappa shape index (κ1) is 29.6. The Kier molecular flexibility index (Phi) is 10.8. The third-order valence-electron chi connectivity index (χ3n) is 6.25. The second-order valence-electron chi connectivity index (χ2n) is 8.89. The van der Waals surface area contributed by atoms with Gasteiger partial charge >= 0.3 is 12.1 Å². The van der Waals surface area contributed by atoms with E-state index in [-0.39, 0.29) is 44.5 Å². The molecule has 7 nitrogen and oxygen atoms in total. The number of rotatable bonds is 10. The first-order valence-electron chi connectivity index (χ1n) is 11.7. The van der Waals surface area contributed by atoms with Gasteiger partial charge in [-0.15, -0.1) is 0 Å². The summed E-state index contributed by atoms with van der Waals surface area (Å²) in [7, 11) is 1.27. The summed E-state index contributed by atoms with van der Waals surface area (Å²) in [6, 6.07) is 4.34. The summed E-state index contributed by atoms with van der Waals surface area (Å²) in [5.41, 5.74) is -2.41. The monoisotopic (exact) mass is 514 g/mol. The number of aliphatic hydroxyl groups excluding tert-OH is 3. The van der Waals surface area contributed by atoms with Crippen molar-refractivity contribution in [1.82, 2.24) is 0 Å². The first-order valence-corrected chi connectivity index (χ1v) is 11.7. The van der Waals surface area contributed by atoms with Crippen molar-refractivity contribution in [2.24, 2.45) is 11.8 Å². The van der Waals surface area contributed by atoms with E-state index in [1.807, 2.05) is 0 Å². The molecule has 1 fully saturated rings. The molecular formula is C26H33F3O7. The average molecular weight is 515 g/mol. The number of aliphatic hydroxyl groups is 4. The Morgan fingerprint density at radius 2 is 2.00 bits per heavy atom. The number of alkyl halides is 3. The Labute approximate surface area is 208 Å². The molecule has 1 aliphatic carbocycles. The summed E-state index contributed by atoms with van der Waals surface area (Å²) in [5, 5.41) is 42.0. The smallest absolute Gasteiger partial charge is 0.416 e. The third-order valence-corrected chi connectivity index (χ3v) is 6.25. The van der Waals surface area contributed by atoms with Crippen LogP contribution in [0.5, 0.6) is 5.75 Å². The molecule has 2 rings (SSSR count). The van der Waals surface area contributed by atoms with Gasteiger partial charge in [0, 0.05) is 18.8 Å². The SMILES string of the molecule is CCC(O)(C=C[C@@H]1[C@@H](CC(O)C#CCCC(=O)OC)[C@@H](O)C[C@H]1O)COc1cccc(C(F)(F)F)c1. The molecule has 6 atom stereocenters. The second-order valence-corrected chi connectivity index (χ2v) is 8.89. The normalized spacial score (nSPS) is 24.6. The lowest BCUT2D eigenvalue weighted by Gasteiger charge is -2.26. The Morgan fingerprint density at radius 1 is 1.28 bits per heavy atom. The Morgan fingerprint density at radius 3 is 2.64 bits per heavy atom. The van der Waals surface area contributed by atoms with Crippen LogP contribution >= 0.6 is 0 Å². The van der Waals surface area contributed by atoms with E-state index in [1.165, 1.54) is 25.3 Å². The molecule has 0 heterocycles. The molecule has 1 aliphatic rings. The zero-order valence-corrected chi connectivity index (χ0v) is 20.2. The number of ether oxygens (including phenoxy) is 2. The van der Waals surface area contributed by atoms with E-state index in [9.17, 15) is 38.4 Å². The van der Waals surface area contributed by atoms with Crippen LogP contribution in [0.4, 0.5) is 13.2 Å². The maximum Gasteiger partial charge on any atom is 0.416 e. The molecule has 1 aromatic carbocycles. The molecule has 200 valence electrons. The first-order chi connectivity index (χ1) is 16.9. The minimum atomic E-state index is -4.52. The molecule has 0 aromatic heterocycles. The number of hydrogen-bond acceptors (Lipinski definition) is 7. The van der Waals surface area contributed by atoms with Gasteiger partial charge in [-0.1, -0.05) is 37.0 Å². The van der Waals surface area contributed by atoms with Gasteiger partial charge in [-0.3, -0.25) is 4.79 Å². The van der Waals surface area contributed by atoms with Crippen LogP contribution < -0.4 is 4.74 Å². The van der Waals surface area contributed by atoms with Crippen LogP contribution in [-0.2, 0) is 15.7 Å². The lowest BCUT2D eigenvalue weighted by molar-refractivity contribution is -0.140. The minimum Gasteiger partial charge on any atom is -0.490 e. The molecule has 0 bridgehead atoms. The van der Waals surface area contributed by atoms with Crippen LogP contribution in [0.1, 0.15) is 44.6 Å². The molecule has 0 spiro atoms. The molecule has 0 radical (unpaired) electrons. The van der Waals surface area contributed by atoms with Crippen LogP contribution in [0.25, 0.3) is 0 Å². The summed E-state index contributed by atoms with van der Waals surface area (Å²) in [6.07, 6.45) is -3.89. The molecule has 1 aromatic rings. The van der Waals surface area contributed by atoms with Crippen LogP contribution in [0, 0.1) is 23.7 Å². The van der Waals surface area contributed by atoms with Crippen LogP contribution in [0.3, 0.4) is 0 Å². The molecule has 0 saturated heterocycles. The van der Waals surface area contributed by atoms with E-state index in [0.717, 1.165) is 12.1 Å². The van der Waals surface area contributed by atoms with E-state index >= 15 is 0 Å². The number of hydrogen-bond donors (Lipinski definition) is 4. The summed E-state index contributed by atoms with van der Waals surface area (Å²) in [5.74, 6) is 3.69. The Bertz CT molecular complexity index is 953. The number of methoxy groups -OCH3 is 1. The number of esters is 1. The van der Waals surface area contributed by atoms with Gasteiger partial charge in [-0.05, 0) is 37.0 Å². The van der Waals surface area contributed by atoms with Gasteiger partial charge < -0.3 is 29.9 Å². The van der Waals surface area contributed by atoms with E-state index < -0.39 is 53.5 Å².